The molecule has 2 rings (SSSR count). The number of piperidine rings is 1. The van der Waals surface area contributed by atoms with Gasteiger partial charge in [-0.05, 0) is 26.2 Å². The molecule has 24 heavy (non-hydrogen) atoms. The van der Waals surface area contributed by atoms with Crippen LogP contribution in [-0.4, -0.2) is 65.8 Å². The fraction of sp³-hybridized carbons (Fsp3) is 0.786. The zero-order valence-corrected chi connectivity index (χ0v) is 16.0. The first-order chi connectivity index (χ1) is 11.3. The van der Waals surface area contributed by atoms with Crippen LogP contribution >= 0.6 is 11.3 Å². The van der Waals surface area contributed by atoms with E-state index in [-0.39, 0.29) is 17.8 Å². The van der Waals surface area contributed by atoms with E-state index in [0.29, 0.717) is 38.9 Å². The Labute approximate surface area is 147 Å². The highest BCUT2D eigenvalue weighted by Crippen LogP contribution is 2.16. The molecular weight excluding hydrogens is 350 g/mol. The number of aryl methyl sites for hydroxylation is 1. The molecule has 1 aliphatic rings. The molecule has 0 unspecified atom stereocenters. The number of carbonyl (C=O) groups excluding carboxylic acids is 1. The van der Waals surface area contributed by atoms with Gasteiger partial charge in [0, 0.05) is 26.2 Å². The fourth-order valence-electron chi connectivity index (χ4n) is 2.63. The van der Waals surface area contributed by atoms with Gasteiger partial charge >= 0.3 is 6.03 Å². The van der Waals surface area contributed by atoms with Crippen molar-refractivity contribution in [3.8, 4) is 0 Å². The minimum absolute atomic E-state index is 0.00387. The van der Waals surface area contributed by atoms with Crippen LogP contribution in [0.4, 0.5) is 4.79 Å². The first kappa shape index (κ1) is 19.1. The molecule has 1 aromatic rings. The number of sulfonamides is 1. The predicted molar refractivity (Wildman–Crippen MR) is 93.3 cm³/mol. The summed E-state index contributed by atoms with van der Waals surface area (Å²) in [5.41, 5.74) is 0. The maximum Gasteiger partial charge on any atom is 0.317 e. The summed E-state index contributed by atoms with van der Waals surface area (Å²) >= 11 is 1.47. The van der Waals surface area contributed by atoms with E-state index < -0.39 is 10.0 Å². The SMILES string of the molecule is CCCS(=O)(=O)N1CCC(NC(=O)N(C)Cc2nnc(C)s2)CC1. The lowest BCUT2D eigenvalue weighted by molar-refractivity contribution is 0.195. The van der Waals surface area contributed by atoms with Crippen LogP contribution in [-0.2, 0) is 16.6 Å². The van der Waals surface area contributed by atoms with Gasteiger partial charge in [0.05, 0.1) is 12.3 Å². The van der Waals surface area contributed by atoms with Crippen LogP contribution < -0.4 is 5.32 Å². The van der Waals surface area contributed by atoms with Crippen molar-refractivity contribution >= 4 is 27.4 Å². The summed E-state index contributed by atoms with van der Waals surface area (Å²) in [5, 5.41) is 12.6. The summed E-state index contributed by atoms with van der Waals surface area (Å²) in [7, 11) is -1.43. The first-order valence-electron chi connectivity index (χ1n) is 8.10. The van der Waals surface area contributed by atoms with Gasteiger partial charge in [-0.1, -0.05) is 18.3 Å². The molecule has 0 radical (unpaired) electrons. The van der Waals surface area contributed by atoms with Gasteiger partial charge in [-0.3, -0.25) is 0 Å². The molecule has 0 spiro atoms. The predicted octanol–water partition coefficient (Wildman–Crippen LogP) is 1.19. The minimum atomic E-state index is -3.14. The number of amides is 2. The molecule has 8 nitrogen and oxygen atoms in total. The van der Waals surface area contributed by atoms with E-state index in [2.05, 4.69) is 15.5 Å². The van der Waals surface area contributed by atoms with Crippen LogP contribution in [0.1, 0.15) is 36.2 Å². The Hall–Kier alpha value is -1.26. The van der Waals surface area contributed by atoms with Gasteiger partial charge in [0.15, 0.2) is 0 Å². The van der Waals surface area contributed by atoms with Gasteiger partial charge in [-0.15, -0.1) is 10.2 Å². The van der Waals surface area contributed by atoms with Crippen molar-refractivity contribution in [2.45, 2.75) is 45.7 Å². The number of nitrogens with zero attached hydrogens (tertiary/aromatic N) is 4. The maximum absolute atomic E-state index is 12.2. The number of hydrogen-bond donors (Lipinski definition) is 1. The second-order valence-corrected chi connectivity index (χ2v) is 9.36. The summed E-state index contributed by atoms with van der Waals surface area (Å²) in [6.07, 6.45) is 1.90. The quantitative estimate of drug-likeness (QED) is 0.806. The molecule has 10 heteroatoms. The average molecular weight is 376 g/mol. The molecule has 0 aliphatic carbocycles. The second kappa shape index (κ2) is 8.21. The molecule has 0 bridgehead atoms. The number of hydrogen-bond acceptors (Lipinski definition) is 6. The van der Waals surface area contributed by atoms with Gasteiger partial charge in [-0.2, -0.15) is 0 Å². The van der Waals surface area contributed by atoms with E-state index in [4.69, 9.17) is 0 Å². The number of aromatic nitrogens is 2. The van der Waals surface area contributed by atoms with Crippen LogP contribution in [0.2, 0.25) is 0 Å². The van der Waals surface area contributed by atoms with Crippen molar-refractivity contribution in [3.05, 3.63) is 10.0 Å². The summed E-state index contributed by atoms with van der Waals surface area (Å²) in [5.74, 6) is 0.189. The molecule has 1 fully saturated rings. The fourth-order valence-corrected chi connectivity index (χ4v) is 4.93. The van der Waals surface area contributed by atoms with Crippen LogP contribution in [0.25, 0.3) is 0 Å². The standard InChI is InChI=1S/C14H25N5O3S2/c1-4-9-24(21,22)19-7-5-12(6-8-19)15-14(20)18(3)10-13-17-16-11(2)23-13/h12H,4-10H2,1-3H3,(H,15,20). The largest absolute Gasteiger partial charge is 0.335 e. The smallest absolute Gasteiger partial charge is 0.317 e. The van der Waals surface area contributed by atoms with Crippen molar-refractivity contribution in [2.24, 2.45) is 0 Å². The molecular formula is C14H25N5O3S2. The lowest BCUT2D eigenvalue weighted by atomic mass is 10.1. The van der Waals surface area contributed by atoms with Crippen molar-refractivity contribution in [1.29, 1.82) is 0 Å². The Morgan fingerprint density at radius 2 is 2.04 bits per heavy atom. The maximum atomic E-state index is 12.2. The summed E-state index contributed by atoms with van der Waals surface area (Å²) in [4.78, 5) is 13.8. The third-order valence-electron chi connectivity index (χ3n) is 3.92. The van der Waals surface area contributed by atoms with Crippen LogP contribution in [0, 0.1) is 6.92 Å². The normalized spacial score (nSPS) is 17.0. The van der Waals surface area contributed by atoms with E-state index >= 15 is 0 Å². The molecule has 1 saturated heterocycles. The highest BCUT2D eigenvalue weighted by atomic mass is 32.2. The minimum Gasteiger partial charge on any atom is -0.335 e. The zero-order valence-electron chi connectivity index (χ0n) is 14.4. The average Bonchev–Trinajstić information content (AvgIpc) is 2.92. The second-order valence-electron chi connectivity index (χ2n) is 6.01. The lowest BCUT2D eigenvalue weighted by Gasteiger charge is -2.32. The summed E-state index contributed by atoms with van der Waals surface area (Å²) in [6, 6.07) is -0.165. The number of carbonyl (C=O) groups is 1. The van der Waals surface area contributed by atoms with Crippen molar-refractivity contribution in [3.63, 3.8) is 0 Å². The van der Waals surface area contributed by atoms with Gasteiger partial charge in [0.2, 0.25) is 10.0 Å². The Balaban J connectivity index is 1.79. The van der Waals surface area contributed by atoms with Gasteiger partial charge in [0.1, 0.15) is 10.0 Å². The Morgan fingerprint density at radius 3 is 2.58 bits per heavy atom. The molecule has 1 aliphatic heterocycles. The van der Waals surface area contributed by atoms with E-state index in [1.54, 1.807) is 11.9 Å². The molecule has 0 aromatic carbocycles. The van der Waals surface area contributed by atoms with E-state index in [1.165, 1.54) is 15.6 Å². The molecule has 136 valence electrons. The first-order valence-corrected chi connectivity index (χ1v) is 10.5. The third-order valence-corrected chi connectivity index (χ3v) is 6.82. The van der Waals surface area contributed by atoms with Gasteiger partial charge in [-0.25, -0.2) is 17.5 Å². The molecule has 1 N–H and O–H groups in total. The topological polar surface area (TPSA) is 95.5 Å². The van der Waals surface area contributed by atoms with Crippen LogP contribution in [0.5, 0.6) is 0 Å². The summed E-state index contributed by atoms with van der Waals surface area (Å²) < 4.78 is 25.6. The Bertz CT molecular complexity index is 653. The molecule has 1 aromatic heterocycles. The van der Waals surface area contributed by atoms with Crippen molar-refractivity contribution in [1.82, 2.24) is 24.7 Å². The summed E-state index contributed by atoms with van der Waals surface area (Å²) in [6.45, 7) is 5.08. The molecule has 2 amide bonds. The zero-order chi connectivity index (χ0) is 17.7. The third kappa shape index (κ3) is 5.12. The van der Waals surface area contributed by atoms with Crippen LogP contribution in [0.15, 0.2) is 0 Å². The highest BCUT2D eigenvalue weighted by molar-refractivity contribution is 7.89. The van der Waals surface area contributed by atoms with Gasteiger partial charge < -0.3 is 10.2 Å². The van der Waals surface area contributed by atoms with Crippen molar-refractivity contribution in [2.75, 3.05) is 25.9 Å². The number of rotatable bonds is 6. The van der Waals surface area contributed by atoms with E-state index in [9.17, 15) is 13.2 Å². The van der Waals surface area contributed by atoms with Crippen LogP contribution in [0.3, 0.4) is 0 Å². The monoisotopic (exact) mass is 375 g/mol. The van der Waals surface area contributed by atoms with Gasteiger partial charge in [0.25, 0.3) is 0 Å². The van der Waals surface area contributed by atoms with E-state index in [0.717, 1.165) is 10.0 Å². The molecule has 2 heterocycles. The lowest BCUT2D eigenvalue weighted by Crippen LogP contribution is -2.49. The molecule has 0 atom stereocenters. The Morgan fingerprint density at radius 1 is 1.38 bits per heavy atom. The molecule has 0 saturated carbocycles. The highest BCUT2D eigenvalue weighted by Gasteiger charge is 2.28. The number of nitrogens with one attached hydrogen (secondary N) is 1. The van der Waals surface area contributed by atoms with Crippen molar-refractivity contribution < 1.29 is 13.2 Å². The number of urea groups is 1. The Kier molecular flexibility index (Phi) is 6.53. The van der Waals surface area contributed by atoms with E-state index in [1.807, 2.05) is 13.8 Å².